The van der Waals surface area contributed by atoms with Gasteiger partial charge in [0.25, 0.3) is 0 Å². The molecule has 0 aliphatic heterocycles. The summed E-state index contributed by atoms with van der Waals surface area (Å²) < 4.78 is 45.0. The van der Waals surface area contributed by atoms with Gasteiger partial charge in [0, 0.05) is 27.4 Å². The van der Waals surface area contributed by atoms with Crippen LogP contribution in [0.2, 0.25) is 6.04 Å². The summed E-state index contributed by atoms with van der Waals surface area (Å²) in [7, 11) is 2.82. The van der Waals surface area contributed by atoms with Crippen LogP contribution in [0.25, 0.3) is 0 Å². The Hall–Kier alpha value is -2.59. The molecule has 0 saturated heterocycles. The number of carbonyl (C=O) groups excluding carboxylic acids is 5. The molecule has 0 heterocycles. The third kappa shape index (κ3) is 20.1. The fraction of sp³-hybridized carbons (Fsp3) is 0.894. The lowest BCUT2D eigenvalue weighted by atomic mass is 9.59. The molecular formula is C47H88O14Si. The van der Waals surface area contributed by atoms with E-state index in [9.17, 15) is 29.1 Å². The van der Waals surface area contributed by atoms with Gasteiger partial charge < -0.3 is 42.1 Å². The maximum absolute atomic E-state index is 14.6. The Morgan fingerprint density at radius 2 is 0.806 bits per heavy atom. The van der Waals surface area contributed by atoms with Crippen LogP contribution < -0.4 is 0 Å². The molecule has 0 bridgehead atoms. The van der Waals surface area contributed by atoms with E-state index in [1.54, 1.807) is 41.5 Å². The molecule has 0 aromatic carbocycles. The minimum absolute atomic E-state index is 0.0118. The highest BCUT2D eigenvalue weighted by molar-refractivity contribution is 6.60. The van der Waals surface area contributed by atoms with Gasteiger partial charge in [-0.25, -0.2) is 0 Å². The molecule has 1 N–H and O–H groups in total. The van der Waals surface area contributed by atoms with Gasteiger partial charge in [0.05, 0.1) is 60.6 Å². The van der Waals surface area contributed by atoms with Crippen molar-refractivity contribution < 1.29 is 66.0 Å². The number of ether oxygens (including phenoxy) is 5. The molecular weight excluding hydrogens is 817 g/mol. The largest absolute Gasteiger partial charge is 0.500 e. The highest BCUT2D eigenvalue weighted by Gasteiger charge is 2.56. The van der Waals surface area contributed by atoms with Crippen molar-refractivity contribution in [2.24, 2.45) is 27.1 Å². The molecule has 15 heteroatoms. The average molecular weight is 905 g/mol. The van der Waals surface area contributed by atoms with E-state index in [4.69, 9.17) is 37.0 Å². The van der Waals surface area contributed by atoms with Crippen molar-refractivity contribution in [3.8, 4) is 0 Å². The molecule has 4 unspecified atom stereocenters. The van der Waals surface area contributed by atoms with E-state index in [1.165, 1.54) is 67.0 Å². The predicted molar refractivity (Wildman–Crippen MR) is 241 cm³/mol. The van der Waals surface area contributed by atoms with E-state index < -0.39 is 65.7 Å². The van der Waals surface area contributed by atoms with Crippen LogP contribution >= 0.6 is 0 Å². The van der Waals surface area contributed by atoms with Crippen molar-refractivity contribution in [1.29, 1.82) is 0 Å². The van der Waals surface area contributed by atoms with E-state index in [-0.39, 0.29) is 58.7 Å². The standard InChI is InChI=1S/C47H88O14Si/c1-14-17-19-20-21-22-23-24-25-26-30-59-41(52)46(8,35-44(6,16-3)39(50)54-10)37-47(9,42(53)58-29-18-15-2)36-45(7,34-43(4,5)38(49)61-32-28-48)40(51)60-31-27-33-62(55-11,56-12)57-13/h48H,14-37H2,1-13H3. The van der Waals surface area contributed by atoms with Gasteiger partial charge >= 0.3 is 38.7 Å². The first-order valence-electron chi connectivity index (χ1n) is 23.2. The van der Waals surface area contributed by atoms with Gasteiger partial charge in [-0.15, -0.1) is 0 Å². The van der Waals surface area contributed by atoms with Crippen LogP contribution in [0.5, 0.6) is 0 Å². The van der Waals surface area contributed by atoms with Gasteiger partial charge in [-0.05, 0) is 92.9 Å². The third-order valence-electron chi connectivity index (χ3n) is 12.2. The summed E-state index contributed by atoms with van der Waals surface area (Å²) in [5.41, 5.74) is -6.94. The zero-order chi connectivity index (χ0) is 47.5. The van der Waals surface area contributed by atoms with Crippen molar-refractivity contribution in [1.82, 2.24) is 0 Å². The lowest BCUT2D eigenvalue weighted by molar-refractivity contribution is -0.174. The van der Waals surface area contributed by atoms with Crippen LogP contribution in [0.3, 0.4) is 0 Å². The van der Waals surface area contributed by atoms with Crippen LogP contribution in [0.1, 0.15) is 178 Å². The SMILES string of the molecule is CCCCCCCCCCCCOC(=O)C(C)(CC(C)(CC)C(=O)OC)CC(C)(CC(C)(CC(C)(C)C(=O)OCCO)C(=O)OCCC[Si](OC)(OC)OC)C(=O)OCCCC. The normalized spacial score (nSPS) is 15.9. The maximum Gasteiger partial charge on any atom is 0.500 e. The van der Waals surface area contributed by atoms with Gasteiger partial charge in [-0.1, -0.05) is 85.0 Å². The van der Waals surface area contributed by atoms with Gasteiger partial charge in [-0.2, -0.15) is 0 Å². The number of methoxy groups -OCH3 is 1. The molecule has 0 aliphatic carbocycles. The van der Waals surface area contributed by atoms with Crippen LogP contribution in [0.15, 0.2) is 0 Å². The van der Waals surface area contributed by atoms with Gasteiger partial charge in [0.2, 0.25) is 0 Å². The highest BCUT2D eigenvalue weighted by Crippen LogP contribution is 2.52. The molecule has 0 amide bonds. The molecule has 4 atom stereocenters. The smallest absolute Gasteiger partial charge is 0.469 e. The predicted octanol–water partition coefficient (Wildman–Crippen LogP) is 9.34. The first kappa shape index (κ1) is 59.4. The fourth-order valence-electron chi connectivity index (χ4n) is 8.77. The Kier molecular flexibility index (Phi) is 28.5. The first-order valence-corrected chi connectivity index (χ1v) is 25.1. The Labute approximate surface area is 376 Å². The zero-order valence-electron chi connectivity index (χ0n) is 41.2. The molecule has 14 nitrogen and oxygen atoms in total. The van der Waals surface area contributed by atoms with Crippen molar-refractivity contribution in [3.63, 3.8) is 0 Å². The maximum atomic E-state index is 14.6. The Bertz CT molecular complexity index is 1310. The van der Waals surface area contributed by atoms with E-state index >= 15 is 0 Å². The second kappa shape index (κ2) is 29.8. The average Bonchev–Trinajstić information content (AvgIpc) is 3.23. The van der Waals surface area contributed by atoms with Crippen molar-refractivity contribution in [3.05, 3.63) is 0 Å². The van der Waals surface area contributed by atoms with Crippen LogP contribution in [-0.4, -0.2) is 105 Å². The second-order valence-electron chi connectivity index (χ2n) is 18.9. The number of esters is 5. The molecule has 0 rings (SSSR count). The van der Waals surface area contributed by atoms with E-state index in [1.807, 2.05) is 13.8 Å². The quantitative estimate of drug-likeness (QED) is 0.0270. The Morgan fingerprint density at radius 1 is 0.435 bits per heavy atom. The lowest BCUT2D eigenvalue weighted by Crippen LogP contribution is -2.49. The summed E-state index contributed by atoms with van der Waals surface area (Å²) in [6.45, 7) is 15.7. The number of rotatable bonds is 37. The number of carbonyl (C=O) groups is 5. The highest BCUT2D eigenvalue weighted by atomic mass is 28.4. The molecule has 0 aromatic rings. The van der Waals surface area contributed by atoms with E-state index in [2.05, 4.69) is 6.92 Å². The van der Waals surface area contributed by atoms with Gasteiger partial charge in [0.1, 0.15) is 6.61 Å². The van der Waals surface area contributed by atoms with E-state index in [0.717, 1.165) is 25.7 Å². The zero-order valence-corrected chi connectivity index (χ0v) is 42.2. The van der Waals surface area contributed by atoms with Crippen molar-refractivity contribution in [2.45, 2.75) is 184 Å². The van der Waals surface area contributed by atoms with E-state index in [0.29, 0.717) is 31.7 Å². The Balaban J connectivity index is 7.05. The summed E-state index contributed by atoms with van der Waals surface area (Å²) in [5, 5.41) is 9.39. The Morgan fingerprint density at radius 3 is 1.21 bits per heavy atom. The lowest BCUT2D eigenvalue weighted by Gasteiger charge is -2.44. The monoisotopic (exact) mass is 905 g/mol. The van der Waals surface area contributed by atoms with Crippen LogP contribution in [0, 0.1) is 27.1 Å². The summed E-state index contributed by atoms with van der Waals surface area (Å²) in [6, 6.07) is 0.358. The molecule has 0 aromatic heterocycles. The number of aliphatic hydroxyl groups is 1. The topological polar surface area (TPSA) is 179 Å². The molecule has 0 saturated carbocycles. The molecule has 364 valence electrons. The van der Waals surface area contributed by atoms with Gasteiger partial charge in [-0.3, -0.25) is 24.0 Å². The van der Waals surface area contributed by atoms with Gasteiger partial charge in [0.15, 0.2) is 0 Å². The van der Waals surface area contributed by atoms with Crippen LogP contribution in [0.4, 0.5) is 0 Å². The summed E-state index contributed by atoms with van der Waals surface area (Å²) in [4.78, 5) is 70.3. The molecule has 0 aliphatic rings. The number of hydrogen-bond donors (Lipinski definition) is 1. The second-order valence-corrected chi connectivity index (χ2v) is 22.0. The van der Waals surface area contributed by atoms with Crippen molar-refractivity contribution >= 4 is 38.7 Å². The molecule has 0 spiro atoms. The minimum atomic E-state index is -2.98. The number of unbranched alkanes of at least 4 members (excludes halogenated alkanes) is 10. The molecule has 0 fully saturated rings. The summed E-state index contributed by atoms with van der Waals surface area (Å²) in [6.07, 6.45) is 12.7. The number of aliphatic hydroxyl groups excluding tert-OH is 1. The van der Waals surface area contributed by atoms with Crippen LogP contribution in [-0.2, 0) is 60.9 Å². The minimum Gasteiger partial charge on any atom is -0.469 e. The van der Waals surface area contributed by atoms with Crippen molar-refractivity contribution in [2.75, 3.05) is 61.5 Å². The molecule has 62 heavy (non-hydrogen) atoms. The number of hydrogen-bond acceptors (Lipinski definition) is 14. The fourth-order valence-corrected chi connectivity index (χ4v) is 10.5. The first-order chi connectivity index (χ1) is 29.1. The third-order valence-corrected chi connectivity index (χ3v) is 15.1. The summed E-state index contributed by atoms with van der Waals surface area (Å²) >= 11 is 0. The molecule has 0 radical (unpaired) electrons. The summed E-state index contributed by atoms with van der Waals surface area (Å²) in [5.74, 6) is -3.02.